The third kappa shape index (κ3) is 1.37. The number of hydrogen-bond donors (Lipinski definition) is 0. The zero-order chi connectivity index (χ0) is 8.55. The molecule has 0 radical (unpaired) electrons. The van der Waals surface area contributed by atoms with Crippen LogP contribution in [0.4, 0.5) is 0 Å². The highest BCUT2D eigenvalue weighted by Crippen LogP contribution is 2.03. The lowest BCUT2D eigenvalue weighted by atomic mass is 10.1. The molecule has 0 amide bonds. The third-order valence-corrected chi connectivity index (χ3v) is 2.27. The molecule has 1 aromatic rings. The highest BCUT2D eigenvalue weighted by atomic mass is 35.5. The van der Waals surface area contributed by atoms with Crippen molar-refractivity contribution in [2.45, 2.75) is 19.4 Å². The lowest BCUT2D eigenvalue weighted by molar-refractivity contribution is 0.738. The van der Waals surface area contributed by atoms with Crippen molar-refractivity contribution in [3.05, 3.63) is 33.8 Å². The summed E-state index contributed by atoms with van der Waals surface area (Å²) in [5.74, 6) is 0. The van der Waals surface area contributed by atoms with Crippen LogP contribution in [0.5, 0.6) is 0 Å². The van der Waals surface area contributed by atoms with E-state index in [4.69, 9.17) is 11.6 Å². The van der Waals surface area contributed by atoms with Crippen LogP contribution < -0.4 is 10.6 Å². The van der Waals surface area contributed by atoms with Gasteiger partial charge in [0.05, 0.1) is 11.4 Å². The number of rotatable bonds is 0. The fraction of sp³-hybridized carbons (Fsp3) is 0.300. The SMILES string of the molecule is CC1CC=c2ccc(Cl)cc2=N1. The molecular weight excluding hydrogens is 170 g/mol. The van der Waals surface area contributed by atoms with Gasteiger partial charge in [0.15, 0.2) is 0 Å². The quantitative estimate of drug-likeness (QED) is 0.573. The minimum Gasteiger partial charge on any atom is -0.281 e. The highest BCUT2D eigenvalue weighted by molar-refractivity contribution is 6.30. The molecule has 1 aliphatic rings. The van der Waals surface area contributed by atoms with Crippen LogP contribution in [-0.2, 0) is 0 Å². The van der Waals surface area contributed by atoms with E-state index in [-0.39, 0.29) is 0 Å². The summed E-state index contributed by atoms with van der Waals surface area (Å²) in [6.45, 7) is 2.11. The van der Waals surface area contributed by atoms with Crippen LogP contribution in [0.2, 0.25) is 5.02 Å². The van der Waals surface area contributed by atoms with Crippen LogP contribution in [0.15, 0.2) is 23.2 Å². The summed E-state index contributed by atoms with van der Waals surface area (Å²) in [6, 6.07) is 6.24. The fourth-order valence-electron chi connectivity index (χ4n) is 1.39. The summed E-state index contributed by atoms with van der Waals surface area (Å²) in [7, 11) is 0. The molecular formula is C10H10ClN. The van der Waals surface area contributed by atoms with Gasteiger partial charge in [-0.2, -0.15) is 0 Å². The molecule has 0 fully saturated rings. The molecule has 2 heteroatoms. The minimum atomic E-state index is 0.399. The summed E-state index contributed by atoms with van der Waals surface area (Å²) in [5.41, 5.74) is 0. The summed E-state index contributed by atoms with van der Waals surface area (Å²) in [6.07, 6.45) is 3.25. The summed E-state index contributed by atoms with van der Waals surface area (Å²) < 4.78 is 0. The van der Waals surface area contributed by atoms with Crippen LogP contribution in [0, 0.1) is 0 Å². The maximum absolute atomic E-state index is 5.85. The van der Waals surface area contributed by atoms with E-state index in [0.29, 0.717) is 6.04 Å². The first-order valence-corrected chi connectivity index (χ1v) is 4.47. The number of nitrogens with zero attached hydrogens (tertiary/aromatic N) is 1. The maximum atomic E-state index is 5.85. The van der Waals surface area contributed by atoms with Crippen LogP contribution in [0.25, 0.3) is 6.08 Å². The first-order chi connectivity index (χ1) is 5.75. The summed E-state index contributed by atoms with van der Waals surface area (Å²) in [4.78, 5) is 4.49. The van der Waals surface area contributed by atoms with Crippen molar-refractivity contribution in [3.63, 3.8) is 0 Å². The van der Waals surface area contributed by atoms with Crippen molar-refractivity contribution < 1.29 is 0 Å². The van der Waals surface area contributed by atoms with Gasteiger partial charge in [-0.1, -0.05) is 23.7 Å². The second kappa shape index (κ2) is 2.91. The van der Waals surface area contributed by atoms with Gasteiger partial charge in [-0.15, -0.1) is 0 Å². The average Bonchev–Trinajstić information content (AvgIpc) is 2.03. The largest absolute Gasteiger partial charge is 0.281 e. The van der Waals surface area contributed by atoms with E-state index in [9.17, 15) is 0 Å². The normalized spacial score (nSPS) is 20.7. The van der Waals surface area contributed by atoms with Crippen molar-refractivity contribution >= 4 is 17.7 Å². The second-order valence-electron chi connectivity index (χ2n) is 3.12. The van der Waals surface area contributed by atoms with Crippen LogP contribution in [-0.4, -0.2) is 6.04 Å². The van der Waals surface area contributed by atoms with Gasteiger partial charge >= 0.3 is 0 Å². The fourth-order valence-corrected chi connectivity index (χ4v) is 1.56. The van der Waals surface area contributed by atoms with Gasteiger partial charge in [0.1, 0.15) is 0 Å². The van der Waals surface area contributed by atoms with E-state index in [1.54, 1.807) is 0 Å². The number of halogens is 1. The Bertz CT molecular complexity index is 408. The number of hydrogen-bond acceptors (Lipinski definition) is 1. The Balaban J connectivity index is 2.72. The molecule has 0 aromatic heterocycles. The Hall–Kier alpha value is -0.820. The Morgan fingerprint density at radius 2 is 2.33 bits per heavy atom. The molecule has 1 nitrogen and oxygen atoms in total. The van der Waals surface area contributed by atoms with Crippen LogP contribution >= 0.6 is 11.6 Å². The maximum Gasteiger partial charge on any atom is 0.0661 e. The average molecular weight is 180 g/mol. The molecule has 0 spiro atoms. The van der Waals surface area contributed by atoms with Crippen molar-refractivity contribution in [3.8, 4) is 0 Å². The molecule has 1 atom stereocenters. The lowest BCUT2D eigenvalue weighted by Gasteiger charge is -2.06. The monoisotopic (exact) mass is 179 g/mol. The number of benzene rings is 1. The molecule has 1 aliphatic heterocycles. The Kier molecular flexibility index (Phi) is 1.89. The number of fused-ring (bicyclic) bond motifs is 1. The topological polar surface area (TPSA) is 12.4 Å². The lowest BCUT2D eigenvalue weighted by Crippen LogP contribution is -2.29. The van der Waals surface area contributed by atoms with Gasteiger partial charge in [0.25, 0.3) is 0 Å². The predicted molar refractivity (Wildman–Crippen MR) is 50.8 cm³/mol. The first-order valence-electron chi connectivity index (χ1n) is 4.09. The van der Waals surface area contributed by atoms with Gasteiger partial charge in [-0.3, -0.25) is 4.99 Å². The zero-order valence-corrected chi connectivity index (χ0v) is 7.67. The molecule has 0 aliphatic carbocycles. The highest BCUT2D eigenvalue weighted by Gasteiger charge is 2.01. The van der Waals surface area contributed by atoms with Gasteiger partial charge < -0.3 is 0 Å². The van der Waals surface area contributed by atoms with Crippen molar-refractivity contribution in [2.24, 2.45) is 4.99 Å². The molecule has 0 N–H and O–H groups in total. The predicted octanol–water partition coefficient (Wildman–Crippen LogP) is 1.53. The molecule has 1 aromatic carbocycles. The Morgan fingerprint density at radius 1 is 1.50 bits per heavy atom. The molecule has 0 bridgehead atoms. The van der Waals surface area contributed by atoms with E-state index in [1.165, 1.54) is 5.22 Å². The third-order valence-electron chi connectivity index (χ3n) is 2.03. The minimum absolute atomic E-state index is 0.399. The van der Waals surface area contributed by atoms with Gasteiger partial charge in [0.2, 0.25) is 0 Å². The molecule has 12 heavy (non-hydrogen) atoms. The van der Waals surface area contributed by atoms with E-state index in [1.807, 2.05) is 18.2 Å². The van der Waals surface area contributed by atoms with Gasteiger partial charge in [0, 0.05) is 5.02 Å². The van der Waals surface area contributed by atoms with Gasteiger partial charge in [-0.25, -0.2) is 0 Å². The Labute approximate surface area is 76.4 Å². The smallest absolute Gasteiger partial charge is 0.0661 e. The second-order valence-corrected chi connectivity index (χ2v) is 3.56. The van der Waals surface area contributed by atoms with E-state index in [0.717, 1.165) is 16.8 Å². The van der Waals surface area contributed by atoms with Crippen molar-refractivity contribution in [1.29, 1.82) is 0 Å². The first kappa shape index (κ1) is 7.81. The van der Waals surface area contributed by atoms with Crippen LogP contribution in [0.1, 0.15) is 13.3 Å². The molecule has 1 heterocycles. The standard InChI is InChI=1S/C10H10ClN/c1-7-2-3-8-4-5-9(11)6-10(8)12-7/h3-7H,2H2,1H3. The van der Waals surface area contributed by atoms with Crippen molar-refractivity contribution in [2.75, 3.05) is 0 Å². The summed E-state index contributed by atoms with van der Waals surface area (Å²) in [5, 5.41) is 3.00. The van der Waals surface area contributed by atoms with Crippen molar-refractivity contribution in [1.82, 2.24) is 0 Å². The Morgan fingerprint density at radius 3 is 3.17 bits per heavy atom. The van der Waals surface area contributed by atoms with E-state index < -0.39 is 0 Å². The molecule has 62 valence electrons. The van der Waals surface area contributed by atoms with Crippen LogP contribution in [0.3, 0.4) is 0 Å². The molecule has 0 saturated heterocycles. The zero-order valence-electron chi connectivity index (χ0n) is 6.92. The summed E-state index contributed by atoms with van der Waals surface area (Å²) >= 11 is 5.85. The molecule has 1 unspecified atom stereocenters. The molecule has 2 rings (SSSR count). The molecule has 0 saturated carbocycles. The van der Waals surface area contributed by atoms with E-state index >= 15 is 0 Å². The van der Waals surface area contributed by atoms with Gasteiger partial charge in [-0.05, 0) is 30.7 Å². The van der Waals surface area contributed by atoms with E-state index in [2.05, 4.69) is 18.0 Å².